The number of piperidine rings is 1. The zero-order valence-corrected chi connectivity index (χ0v) is 14.1. The molecule has 25 heavy (non-hydrogen) atoms. The van der Waals surface area contributed by atoms with Crippen molar-refractivity contribution in [3.63, 3.8) is 0 Å². The van der Waals surface area contributed by atoms with Crippen molar-refractivity contribution < 1.29 is 22.7 Å². The number of hydrogen-bond donors (Lipinski definition) is 1. The number of aromatic nitrogens is 1. The number of hydrogen-bond acceptors (Lipinski definition) is 4. The van der Waals surface area contributed by atoms with Gasteiger partial charge in [-0.25, -0.2) is 17.6 Å². The number of benzene rings is 1. The molecule has 1 atom stereocenters. The zero-order valence-electron chi connectivity index (χ0n) is 13.3. The predicted molar refractivity (Wildman–Crippen MR) is 88.1 cm³/mol. The van der Waals surface area contributed by atoms with Crippen LogP contribution in [0.3, 0.4) is 0 Å². The highest BCUT2D eigenvalue weighted by molar-refractivity contribution is 7.89. The number of aromatic carboxylic acids is 1. The fourth-order valence-electron chi connectivity index (χ4n) is 3.06. The van der Waals surface area contributed by atoms with Gasteiger partial charge in [0, 0.05) is 18.9 Å². The smallest absolute Gasteiger partial charge is 0.338 e. The average molecular weight is 364 g/mol. The maximum Gasteiger partial charge on any atom is 0.338 e. The van der Waals surface area contributed by atoms with Crippen molar-refractivity contribution in [1.29, 1.82) is 0 Å². The molecular formula is C17H17FN2O4S. The Morgan fingerprint density at radius 2 is 2.08 bits per heavy atom. The molecule has 0 amide bonds. The summed E-state index contributed by atoms with van der Waals surface area (Å²) in [6, 6.07) is 6.05. The summed E-state index contributed by atoms with van der Waals surface area (Å²) in [7, 11) is -3.96. The first-order valence-electron chi connectivity index (χ1n) is 7.86. The van der Waals surface area contributed by atoms with E-state index in [9.17, 15) is 17.6 Å². The van der Waals surface area contributed by atoms with Crippen LogP contribution < -0.4 is 0 Å². The fraction of sp³-hybridized carbons (Fsp3) is 0.294. The second-order valence-corrected chi connectivity index (χ2v) is 7.75. The van der Waals surface area contributed by atoms with Gasteiger partial charge in [0.2, 0.25) is 10.0 Å². The van der Waals surface area contributed by atoms with Crippen LogP contribution in [0.25, 0.3) is 0 Å². The SMILES string of the molecule is O=C(O)c1cc(S(=O)(=O)N2CCCCC2c2cccnc2)ccc1F. The van der Waals surface area contributed by atoms with Gasteiger partial charge in [-0.2, -0.15) is 4.31 Å². The minimum atomic E-state index is -3.96. The Labute approximate surface area is 145 Å². The van der Waals surface area contributed by atoms with Crippen molar-refractivity contribution in [2.75, 3.05) is 6.54 Å². The van der Waals surface area contributed by atoms with E-state index in [1.54, 1.807) is 18.5 Å². The van der Waals surface area contributed by atoms with Crippen LogP contribution in [0.2, 0.25) is 0 Å². The first-order valence-corrected chi connectivity index (χ1v) is 9.30. The molecule has 2 heterocycles. The highest BCUT2D eigenvalue weighted by atomic mass is 32.2. The molecule has 1 aromatic carbocycles. The van der Waals surface area contributed by atoms with Gasteiger partial charge < -0.3 is 5.11 Å². The molecule has 2 aromatic rings. The van der Waals surface area contributed by atoms with Crippen molar-refractivity contribution in [3.8, 4) is 0 Å². The molecule has 1 aromatic heterocycles. The second-order valence-electron chi connectivity index (χ2n) is 5.86. The molecule has 132 valence electrons. The lowest BCUT2D eigenvalue weighted by molar-refractivity contribution is 0.0691. The van der Waals surface area contributed by atoms with E-state index in [0.29, 0.717) is 19.4 Å². The van der Waals surface area contributed by atoms with E-state index in [1.807, 2.05) is 6.07 Å². The summed E-state index contributed by atoms with van der Waals surface area (Å²) in [6.45, 7) is 0.321. The number of pyridine rings is 1. The maximum absolute atomic E-state index is 13.6. The second kappa shape index (κ2) is 6.89. The van der Waals surface area contributed by atoms with E-state index in [0.717, 1.165) is 30.2 Å². The van der Waals surface area contributed by atoms with Crippen molar-refractivity contribution in [2.45, 2.75) is 30.2 Å². The van der Waals surface area contributed by atoms with Gasteiger partial charge in [-0.05, 0) is 42.7 Å². The third-order valence-corrected chi connectivity index (χ3v) is 6.20. The number of nitrogens with zero attached hydrogens (tertiary/aromatic N) is 2. The molecule has 3 rings (SSSR count). The first kappa shape index (κ1) is 17.5. The number of sulfonamides is 1. The fourth-order valence-corrected chi connectivity index (χ4v) is 4.77. The Kier molecular flexibility index (Phi) is 4.82. The topological polar surface area (TPSA) is 87.6 Å². The van der Waals surface area contributed by atoms with E-state index in [4.69, 9.17) is 5.11 Å². The van der Waals surface area contributed by atoms with Crippen LogP contribution in [0.5, 0.6) is 0 Å². The van der Waals surface area contributed by atoms with Gasteiger partial charge in [0.25, 0.3) is 0 Å². The normalized spacial score (nSPS) is 18.8. The molecule has 1 saturated heterocycles. The highest BCUT2D eigenvalue weighted by Crippen LogP contribution is 2.35. The molecule has 8 heteroatoms. The third kappa shape index (κ3) is 3.40. The summed E-state index contributed by atoms with van der Waals surface area (Å²) in [5.74, 6) is -2.47. The average Bonchev–Trinajstić information content (AvgIpc) is 2.62. The molecule has 0 radical (unpaired) electrons. The Morgan fingerprint density at radius 3 is 2.76 bits per heavy atom. The van der Waals surface area contributed by atoms with E-state index in [-0.39, 0.29) is 10.9 Å². The van der Waals surface area contributed by atoms with Crippen LogP contribution in [0.4, 0.5) is 4.39 Å². The van der Waals surface area contributed by atoms with Crippen LogP contribution in [0, 0.1) is 5.82 Å². The third-order valence-electron chi connectivity index (χ3n) is 4.30. The minimum Gasteiger partial charge on any atom is -0.478 e. The van der Waals surface area contributed by atoms with Crippen molar-refractivity contribution in [3.05, 3.63) is 59.7 Å². The van der Waals surface area contributed by atoms with Gasteiger partial charge in [0.05, 0.1) is 16.5 Å². The minimum absolute atomic E-state index is 0.220. The zero-order chi connectivity index (χ0) is 18.0. The number of carboxylic acid groups (broad SMARTS) is 1. The molecule has 1 N–H and O–H groups in total. The standard InChI is InChI=1S/C17H17FN2O4S/c18-15-7-6-13(10-14(15)17(21)22)25(23,24)20-9-2-1-5-16(20)12-4-3-8-19-11-12/h3-4,6-8,10-11,16H,1-2,5,9H2,(H,21,22). The molecule has 6 nitrogen and oxygen atoms in total. The molecule has 1 aliphatic heterocycles. The lowest BCUT2D eigenvalue weighted by Gasteiger charge is -2.34. The van der Waals surface area contributed by atoms with Gasteiger partial charge in [0.1, 0.15) is 5.82 Å². The van der Waals surface area contributed by atoms with Crippen LogP contribution in [-0.4, -0.2) is 35.3 Å². The van der Waals surface area contributed by atoms with E-state index < -0.39 is 27.4 Å². The lowest BCUT2D eigenvalue weighted by atomic mass is 9.99. The van der Waals surface area contributed by atoms with Crippen molar-refractivity contribution in [2.24, 2.45) is 0 Å². The highest BCUT2D eigenvalue weighted by Gasteiger charge is 2.35. The van der Waals surface area contributed by atoms with E-state index in [2.05, 4.69) is 4.98 Å². The summed E-state index contributed by atoms with van der Waals surface area (Å²) in [5.41, 5.74) is 0.127. The van der Waals surface area contributed by atoms with Crippen molar-refractivity contribution in [1.82, 2.24) is 9.29 Å². The monoisotopic (exact) mass is 364 g/mol. The molecule has 0 aliphatic carbocycles. The van der Waals surface area contributed by atoms with Gasteiger partial charge in [-0.3, -0.25) is 4.98 Å². The summed E-state index contributed by atoms with van der Waals surface area (Å²) in [5, 5.41) is 9.04. The van der Waals surface area contributed by atoms with Gasteiger partial charge in [0.15, 0.2) is 0 Å². The molecule has 0 spiro atoms. The Hall–Kier alpha value is -2.32. The van der Waals surface area contributed by atoms with Gasteiger partial charge in [-0.15, -0.1) is 0 Å². The summed E-state index contributed by atoms with van der Waals surface area (Å²) >= 11 is 0. The predicted octanol–water partition coefficient (Wildman–Crippen LogP) is 2.83. The Bertz CT molecular complexity index is 887. The molecule has 1 fully saturated rings. The lowest BCUT2D eigenvalue weighted by Crippen LogP contribution is -2.38. The van der Waals surface area contributed by atoms with E-state index in [1.165, 1.54) is 4.31 Å². The van der Waals surface area contributed by atoms with Crippen molar-refractivity contribution >= 4 is 16.0 Å². The van der Waals surface area contributed by atoms with Crippen LogP contribution in [0.1, 0.15) is 41.2 Å². The molecule has 1 aliphatic rings. The number of carboxylic acids is 1. The van der Waals surface area contributed by atoms with Crippen LogP contribution >= 0.6 is 0 Å². The number of halogens is 1. The summed E-state index contributed by atoms with van der Waals surface area (Å²) in [6.07, 6.45) is 5.49. The Morgan fingerprint density at radius 1 is 1.28 bits per heavy atom. The van der Waals surface area contributed by atoms with Crippen LogP contribution in [0.15, 0.2) is 47.6 Å². The quantitative estimate of drug-likeness (QED) is 0.901. The molecule has 0 bridgehead atoms. The molecular weight excluding hydrogens is 347 g/mol. The molecule has 0 saturated carbocycles. The van der Waals surface area contributed by atoms with Gasteiger partial charge >= 0.3 is 5.97 Å². The molecule has 1 unspecified atom stereocenters. The van der Waals surface area contributed by atoms with Gasteiger partial charge in [-0.1, -0.05) is 12.5 Å². The first-order chi connectivity index (χ1) is 11.9. The van der Waals surface area contributed by atoms with Crippen LogP contribution in [-0.2, 0) is 10.0 Å². The Balaban J connectivity index is 2.03. The number of rotatable bonds is 4. The number of carbonyl (C=O) groups is 1. The largest absolute Gasteiger partial charge is 0.478 e. The van der Waals surface area contributed by atoms with E-state index >= 15 is 0 Å². The summed E-state index contributed by atoms with van der Waals surface area (Å²) < 4.78 is 41.0. The maximum atomic E-state index is 13.6. The summed E-state index contributed by atoms with van der Waals surface area (Å²) in [4.78, 5) is 14.9.